The number of ether oxygens (including phenoxy) is 1. The molecule has 0 spiro atoms. The third kappa shape index (κ3) is 3.68. The van der Waals surface area contributed by atoms with Gasteiger partial charge in [-0.3, -0.25) is 4.98 Å². The van der Waals surface area contributed by atoms with Crippen molar-refractivity contribution in [2.75, 3.05) is 24.6 Å². The highest BCUT2D eigenvalue weighted by atomic mass is 19.1. The van der Waals surface area contributed by atoms with Crippen LogP contribution in [0.5, 0.6) is 5.75 Å². The maximum Gasteiger partial charge on any atom is 0.147 e. The van der Waals surface area contributed by atoms with Gasteiger partial charge in [-0.1, -0.05) is 0 Å². The van der Waals surface area contributed by atoms with Crippen LogP contribution in [-0.4, -0.2) is 29.7 Å². The van der Waals surface area contributed by atoms with Crippen molar-refractivity contribution in [1.29, 1.82) is 0 Å². The van der Waals surface area contributed by atoms with E-state index in [9.17, 15) is 4.39 Å². The SMILES string of the molecule is Fc1ccc(OC[C@@H]2CCCN(c3cnccn3)C2)cc1. The van der Waals surface area contributed by atoms with Gasteiger partial charge >= 0.3 is 0 Å². The van der Waals surface area contributed by atoms with Gasteiger partial charge in [0.15, 0.2) is 0 Å². The van der Waals surface area contributed by atoms with E-state index in [2.05, 4.69) is 14.9 Å². The van der Waals surface area contributed by atoms with Gasteiger partial charge in [0.05, 0.1) is 12.8 Å². The molecule has 0 radical (unpaired) electrons. The van der Waals surface area contributed by atoms with Gasteiger partial charge in [-0.15, -0.1) is 0 Å². The van der Waals surface area contributed by atoms with Gasteiger partial charge in [0.1, 0.15) is 17.4 Å². The maximum atomic E-state index is 12.8. The molecule has 2 aromatic rings. The number of hydrogen-bond acceptors (Lipinski definition) is 4. The van der Waals surface area contributed by atoms with Gasteiger partial charge in [0.25, 0.3) is 0 Å². The minimum atomic E-state index is -0.242. The molecule has 0 bridgehead atoms. The number of anilines is 1. The van der Waals surface area contributed by atoms with Crippen LogP contribution in [0.3, 0.4) is 0 Å². The summed E-state index contributed by atoms with van der Waals surface area (Å²) in [6.07, 6.45) is 7.45. The molecule has 1 aromatic heterocycles. The second-order valence-electron chi connectivity index (χ2n) is 5.28. The van der Waals surface area contributed by atoms with Crippen LogP contribution in [0.25, 0.3) is 0 Å². The third-order valence-corrected chi connectivity index (χ3v) is 3.69. The zero-order valence-corrected chi connectivity index (χ0v) is 11.8. The molecule has 0 amide bonds. The van der Waals surface area contributed by atoms with E-state index in [1.165, 1.54) is 12.1 Å². The minimum Gasteiger partial charge on any atom is -0.493 e. The van der Waals surface area contributed by atoms with Crippen LogP contribution in [-0.2, 0) is 0 Å². The summed E-state index contributed by atoms with van der Waals surface area (Å²) in [6.45, 7) is 2.56. The molecule has 0 N–H and O–H groups in total. The molecule has 5 heteroatoms. The largest absolute Gasteiger partial charge is 0.493 e. The number of benzene rings is 1. The fourth-order valence-corrected chi connectivity index (χ4v) is 2.61. The first kappa shape index (κ1) is 13.8. The Balaban J connectivity index is 1.55. The Hall–Kier alpha value is -2.17. The van der Waals surface area contributed by atoms with E-state index in [1.807, 2.05) is 0 Å². The van der Waals surface area contributed by atoms with Crippen molar-refractivity contribution in [3.05, 3.63) is 48.7 Å². The Labute approximate surface area is 123 Å². The fraction of sp³-hybridized carbons (Fsp3) is 0.375. The van der Waals surface area contributed by atoms with Gasteiger partial charge in [0.2, 0.25) is 0 Å². The van der Waals surface area contributed by atoms with E-state index in [0.717, 1.165) is 31.7 Å². The highest BCUT2D eigenvalue weighted by Crippen LogP contribution is 2.22. The van der Waals surface area contributed by atoms with E-state index in [-0.39, 0.29) is 5.82 Å². The molecule has 1 aliphatic heterocycles. The lowest BCUT2D eigenvalue weighted by Gasteiger charge is -2.33. The standard InChI is InChI=1S/C16H18FN3O/c17-14-3-5-15(6-4-14)21-12-13-2-1-9-20(11-13)16-10-18-7-8-19-16/h3-8,10,13H,1-2,9,11-12H2/t13-/m1/s1. The van der Waals surface area contributed by atoms with Crippen LogP contribution in [0.1, 0.15) is 12.8 Å². The summed E-state index contributed by atoms with van der Waals surface area (Å²) in [7, 11) is 0. The van der Waals surface area contributed by atoms with Gasteiger partial charge in [-0.05, 0) is 37.1 Å². The van der Waals surface area contributed by atoms with Crippen molar-refractivity contribution in [2.45, 2.75) is 12.8 Å². The molecular formula is C16H18FN3O. The number of piperidine rings is 1. The Morgan fingerprint density at radius 3 is 2.86 bits per heavy atom. The van der Waals surface area contributed by atoms with Crippen molar-refractivity contribution in [1.82, 2.24) is 9.97 Å². The lowest BCUT2D eigenvalue weighted by molar-refractivity contribution is 0.228. The molecule has 4 nitrogen and oxygen atoms in total. The van der Waals surface area contributed by atoms with Crippen molar-refractivity contribution in [3.8, 4) is 5.75 Å². The van der Waals surface area contributed by atoms with Crippen LogP contribution >= 0.6 is 0 Å². The van der Waals surface area contributed by atoms with Crippen molar-refractivity contribution in [2.24, 2.45) is 5.92 Å². The normalized spacial score (nSPS) is 18.5. The number of hydrogen-bond donors (Lipinski definition) is 0. The van der Waals surface area contributed by atoms with E-state index in [1.54, 1.807) is 30.7 Å². The average Bonchev–Trinajstić information content (AvgIpc) is 2.55. The molecule has 0 aliphatic carbocycles. The number of aromatic nitrogens is 2. The third-order valence-electron chi connectivity index (χ3n) is 3.69. The Bertz CT molecular complexity index is 561. The van der Waals surface area contributed by atoms with Crippen LogP contribution in [0.4, 0.5) is 10.2 Å². The molecule has 21 heavy (non-hydrogen) atoms. The van der Waals surface area contributed by atoms with Crippen LogP contribution in [0.15, 0.2) is 42.9 Å². The van der Waals surface area contributed by atoms with Gasteiger partial charge in [-0.2, -0.15) is 0 Å². The summed E-state index contributed by atoms with van der Waals surface area (Å²) in [5.41, 5.74) is 0. The first-order valence-electron chi connectivity index (χ1n) is 7.20. The van der Waals surface area contributed by atoms with Crippen LogP contribution in [0, 0.1) is 11.7 Å². The summed E-state index contributed by atoms with van der Waals surface area (Å²) in [4.78, 5) is 10.7. The molecule has 2 heterocycles. The number of nitrogens with zero attached hydrogens (tertiary/aromatic N) is 3. The zero-order chi connectivity index (χ0) is 14.5. The topological polar surface area (TPSA) is 38.2 Å². The molecule has 1 saturated heterocycles. The maximum absolute atomic E-state index is 12.8. The quantitative estimate of drug-likeness (QED) is 0.866. The Kier molecular flexibility index (Phi) is 4.28. The van der Waals surface area contributed by atoms with E-state index in [4.69, 9.17) is 4.74 Å². The summed E-state index contributed by atoms with van der Waals surface area (Å²) in [5, 5.41) is 0. The second-order valence-corrected chi connectivity index (χ2v) is 5.28. The Morgan fingerprint density at radius 1 is 1.24 bits per heavy atom. The first-order chi connectivity index (χ1) is 10.3. The fourth-order valence-electron chi connectivity index (χ4n) is 2.61. The van der Waals surface area contributed by atoms with E-state index >= 15 is 0 Å². The highest BCUT2D eigenvalue weighted by Gasteiger charge is 2.21. The smallest absolute Gasteiger partial charge is 0.147 e. The summed E-state index contributed by atoms with van der Waals surface area (Å²) >= 11 is 0. The zero-order valence-electron chi connectivity index (χ0n) is 11.8. The van der Waals surface area contributed by atoms with Crippen LogP contribution < -0.4 is 9.64 Å². The van der Waals surface area contributed by atoms with Gasteiger partial charge in [0, 0.05) is 31.4 Å². The molecule has 3 rings (SSSR count). The van der Waals surface area contributed by atoms with E-state index < -0.39 is 0 Å². The summed E-state index contributed by atoms with van der Waals surface area (Å²) in [6, 6.07) is 6.17. The molecule has 1 atom stereocenters. The summed E-state index contributed by atoms with van der Waals surface area (Å²) < 4.78 is 18.6. The molecule has 1 aliphatic rings. The first-order valence-corrected chi connectivity index (χ1v) is 7.20. The molecular weight excluding hydrogens is 269 g/mol. The summed E-state index contributed by atoms with van der Waals surface area (Å²) in [5.74, 6) is 1.84. The van der Waals surface area contributed by atoms with Gasteiger partial charge < -0.3 is 9.64 Å². The predicted molar refractivity (Wildman–Crippen MR) is 78.9 cm³/mol. The van der Waals surface area contributed by atoms with Gasteiger partial charge in [-0.25, -0.2) is 9.37 Å². The molecule has 1 fully saturated rings. The molecule has 1 aromatic carbocycles. The van der Waals surface area contributed by atoms with Crippen molar-refractivity contribution < 1.29 is 9.13 Å². The number of rotatable bonds is 4. The lowest BCUT2D eigenvalue weighted by atomic mass is 9.99. The van der Waals surface area contributed by atoms with Crippen molar-refractivity contribution in [3.63, 3.8) is 0 Å². The minimum absolute atomic E-state index is 0.242. The second kappa shape index (κ2) is 6.52. The van der Waals surface area contributed by atoms with E-state index in [0.29, 0.717) is 18.3 Å². The molecule has 0 saturated carbocycles. The highest BCUT2D eigenvalue weighted by molar-refractivity contribution is 5.35. The lowest BCUT2D eigenvalue weighted by Crippen LogP contribution is -2.38. The molecule has 110 valence electrons. The predicted octanol–water partition coefficient (Wildman–Crippen LogP) is 2.91. The van der Waals surface area contributed by atoms with Crippen LogP contribution in [0.2, 0.25) is 0 Å². The number of halogens is 1. The average molecular weight is 287 g/mol. The molecule has 0 unspecified atom stereocenters. The van der Waals surface area contributed by atoms with Crippen molar-refractivity contribution >= 4 is 5.82 Å². The monoisotopic (exact) mass is 287 g/mol. The Morgan fingerprint density at radius 2 is 2.10 bits per heavy atom.